The molecular weight excluding hydrogens is 310 g/mol. The van der Waals surface area contributed by atoms with Gasteiger partial charge < -0.3 is 20.7 Å². The molecule has 0 saturated carbocycles. The number of anilines is 1. The molecule has 1 aromatic rings. The summed E-state index contributed by atoms with van der Waals surface area (Å²) in [6, 6.07) is 6.10. The number of nitrogens with one attached hydrogen (secondary N) is 3. The topological polar surface area (TPSA) is 96.5 Å². The summed E-state index contributed by atoms with van der Waals surface area (Å²) in [6.45, 7) is 3.72. The minimum Gasteiger partial charge on any atom is -0.382 e. The van der Waals surface area contributed by atoms with Gasteiger partial charge in [0.2, 0.25) is 11.8 Å². The molecule has 7 heteroatoms. The standard InChI is InChI=1S/C17H23N3O4/c1-2-24-11-5-10-18-15(21)9-8-14-17(23)19-13-7-4-3-6-12(13)16(22)20-14/h3-4,6-7,14H,2,5,8-11H2,1H3,(H,18,21)(H,19,23)(H,20,22). The first kappa shape index (κ1) is 17.9. The quantitative estimate of drug-likeness (QED) is 0.620. The molecule has 0 saturated heterocycles. The molecule has 130 valence electrons. The second-order valence-corrected chi connectivity index (χ2v) is 5.50. The first-order valence-corrected chi connectivity index (χ1v) is 8.17. The van der Waals surface area contributed by atoms with Crippen molar-refractivity contribution in [1.82, 2.24) is 10.6 Å². The van der Waals surface area contributed by atoms with Crippen LogP contribution in [0.3, 0.4) is 0 Å². The van der Waals surface area contributed by atoms with Gasteiger partial charge in [0.25, 0.3) is 5.91 Å². The van der Waals surface area contributed by atoms with Crippen molar-refractivity contribution in [3.05, 3.63) is 29.8 Å². The molecule has 24 heavy (non-hydrogen) atoms. The third-order valence-corrected chi connectivity index (χ3v) is 3.70. The summed E-state index contributed by atoms with van der Waals surface area (Å²) in [6.07, 6.45) is 1.17. The molecule has 0 aromatic heterocycles. The van der Waals surface area contributed by atoms with Crippen LogP contribution < -0.4 is 16.0 Å². The third-order valence-electron chi connectivity index (χ3n) is 3.70. The van der Waals surface area contributed by atoms with Crippen molar-refractivity contribution in [3.8, 4) is 0 Å². The highest BCUT2D eigenvalue weighted by Crippen LogP contribution is 2.19. The van der Waals surface area contributed by atoms with E-state index in [1.165, 1.54) is 0 Å². The summed E-state index contributed by atoms with van der Waals surface area (Å²) in [4.78, 5) is 36.2. The van der Waals surface area contributed by atoms with Crippen molar-refractivity contribution in [3.63, 3.8) is 0 Å². The monoisotopic (exact) mass is 333 g/mol. The van der Waals surface area contributed by atoms with Crippen LogP contribution in [0.15, 0.2) is 24.3 Å². The van der Waals surface area contributed by atoms with Crippen molar-refractivity contribution >= 4 is 23.4 Å². The van der Waals surface area contributed by atoms with Crippen LogP contribution in [-0.2, 0) is 14.3 Å². The zero-order chi connectivity index (χ0) is 17.4. The fourth-order valence-corrected chi connectivity index (χ4v) is 2.42. The fourth-order valence-electron chi connectivity index (χ4n) is 2.42. The number of ether oxygens (including phenoxy) is 1. The van der Waals surface area contributed by atoms with Gasteiger partial charge in [-0.25, -0.2) is 0 Å². The maximum Gasteiger partial charge on any atom is 0.254 e. The van der Waals surface area contributed by atoms with E-state index < -0.39 is 6.04 Å². The molecule has 1 aliphatic heterocycles. The molecule has 1 aliphatic rings. The van der Waals surface area contributed by atoms with Gasteiger partial charge in [0.15, 0.2) is 0 Å². The van der Waals surface area contributed by atoms with E-state index >= 15 is 0 Å². The number of fused-ring (bicyclic) bond motifs is 1. The fraction of sp³-hybridized carbons (Fsp3) is 0.471. The Balaban J connectivity index is 1.80. The van der Waals surface area contributed by atoms with Crippen LogP contribution in [0.1, 0.15) is 36.5 Å². The Hall–Kier alpha value is -2.41. The molecule has 3 amide bonds. The summed E-state index contributed by atoms with van der Waals surface area (Å²) in [5, 5.41) is 8.17. The number of para-hydroxylation sites is 1. The van der Waals surface area contributed by atoms with Crippen LogP contribution in [0.5, 0.6) is 0 Å². The van der Waals surface area contributed by atoms with E-state index in [1.54, 1.807) is 24.3 Å². The van der Waals surface area contributed by atoms with Crippen LogP contribution in [0.2, 0.25) is 0 Å². The lowest BCUT2D eigenvalue weighted by Crippen LogP contribution is -2.42. The maximum absolute atomic E-state index is 12.2. The normalized spacial score (nSPS) is 16.6. The SMILES string of the molecule is CCOCCCNC(=O)CCC1NC(=O)c2ccccc2NC1=O. The lowest BCUT2D eigenvalue weighted by Gasteiger charge is -2.14. The van der Waals surface area contributed by atoms with Gasteiger partial charge >= 0.3 is 0 Å². The molecule has 3 N–H and O–H groups in total. The van der Waals surface area contributed by atoms with Crippen molar-refractivity contribution in [2.75, 3.05) is 25.1 Å². The van der Waals surface area contributed by atoms with Crippen LogP contribution in [0.4, 0.5) is 5.69 Å². The van der Waals surface area contributed by atoms with Crippen LogP contribution in [-0.4, -0.2) is 43.5 Å². The van der Waals surface area contributed by atoms with E-state index in [1.807, 2.05) is 6.92 Å². The minimum absolute atomic E-state index is 0.143. The van der Waals surface area contributed by atoms with E-state index in [0.717, 1.165) is 6.42 Å². The van der Waals surface area contributed by atoms with E-state index in [-0.39, 0.29) is 30.6 Å². The van der Waals surface area contributed by atoms with Gasteiger partial charge in [-0.15, -0.1) is 0 Å². The summed E-state index contributed by atoms with van der Waals surface area (Å²) in [5.74, 6) is -0.765. The first-order chi connectivity index (χ1) is 11.6. The second-order valence-electron chi connectivity index (χ2n) is 5.50. The van der Waals surface area contributed by atoms with Crippen molar-refractivity contribution < 1.29 is 19.1 Å². The predicted octanol–water partition coefficient (Wildman–Crippen LogP) is 1.06. The molecule has 0 aliphatic carbocycles. The number of rotatable bonds is 8. The summed E-state index contributed by atoms with van der Waals surface area (Å²) < 4.78 is 5.19. The smallest absolute Gasteiger partial charge is 0.254 e. The van der Waals surface area contributed by atoms with Crippen molar-refractivity contribution in [2.45, 2.75) is 32.2 Å². The second kappa shape index (κ2) is 9.02. The molecule has 2 rings (SSSR count). The largest absolute Gasteiger partial charge is 0.382 e. The lowest BCUT2D eigenvalue weighted by atomic mass is 10.1. The number of amides is 3. The van der Waals surface area contributed by atoms with Crippen LogP contribution in [0, 0.1) is 0 Å². The molecular formula is C17H23N3O4. The Bertz CT molecular complexity index is 603. The maximum atomic E-state index is 12.2. The predicted molar refractivity (Wildman–Crippen MR) is 89.7 cm³/mol. The van der Waals surface area contributed by atoms with Gasteiger partial charge in [-0.1, -0.05) is 12.1 Å². The van der Waals surface area contributed by atoms with Gasteiger partial charge in [-0.05, 0) is 31.9 Å². The zero-order valence-electron chi connectivity index (χ0n) is 13.8. The number of hydrogen-bond donors (Lipinski definition) is 3. The molecule has 1 aromatic carbocycles. The molecule has 1 heterocycles. The molecule has 1 atom stereocenters. The van der Waals surface area contributed by atoms with Crippen molar-refractivity contribution in [1.29, 1.82) is 0 Å². The Morgan fingerprint density at radius 3 is 2.88 bits per heavy atom. The highest BCUT2D eigenvalue weighted by molar-refractivity contribution is 6.09. The number of carbonyl (C=O) groups excluding carboxylic acids is 3. The Morgan fingerprint density at radius 1 is 1.29 bits per heavy atom. The van der Waals surface area contributed by atoms with Crippen molar-refractivity contribution in [2.24, 2.45) is 0 Å². The van der Waals surface area contributed by atoms with Gasteiger partial charge in [-0.3, -0.25) is 14.4 Å². The number of benzene rings is 1. The highest BCUT2D eigenvalue weighted by Gasteiger charge is 2.27. The number of carbonyl (C=O) groups is 3. The lowest BCUT2D eigenvalue weighted by molar-refractivity contribution is -0.121. The van der Waals surface area contributed by atoms with E-state index in [4.69, 9.17) is 4.74 Å². The Labute approximate surface area is 141 Å². The Kier molecular flexibility index (Phi) is 6.74. The Morgan fingerprint density at radius 2 is 2.08 bits per heavy atom. The first-order valence-electron chi connectivity index (χ1n) is 8.17. The van der Waals surface area contributed by atoms with Gasteiger partial charge in [0.05, 0.1) is 11.3 Å². The molecule has 0 bridgehead atoms. The average Bonchev–Trinajstić information content (AvgIpc) is 2.69. The molecule has 0 radical (unpaired) electrons. The summed E-state index contributed by atoms with van der Waals surface area (Å²) in [7, 11) is 0. The van der Waals surface area contributed by atoms with Gasteiger partial charge in [0.1, 0.15) is 6.04 Å². The van der Waals surface area contributed by atoms with E-state index in [2.05, 4.69) is 16.0 Å². The molecule has 0 spiro atoms. The highest BCUT2D eigenvalue weighted by atomic mass is 16.5. The third kappa shape index (κ3) is 5.06. The van der Waals surface area contributed by atoms with E-state index in [0.29, 0.717) is 31.0 Å². The molecule has 7 nitrogen and oxygen atoms in total. The zero-order valence-corrected chi connectivity index (χ0v) is 13.8. The van der Waals surface area contributed by atoms with E-state index in [9.17, 15) is 14.4 Å². The molecule has 1 unspecified atom stereocenters. The van der Waals surface area contributed by atoms with Gasteiger partial charge in [-0.2, -0.15) is 0 Å². The van der Waals surface area contributed by atoms with Crippen LogP contribution in [0.25, 0.3) is 0 Å². The molecule has 0 fully saturated rings. The summed E-state index contributed by atoms with van der Waals surface area (Å²) in [5.41, 5.74) is 0.914. The average molecular weight is 333 g/mol. The van der Waals surface area contributed by atoms with Crippen LogP contribution >= 0.6 is 0 Å². The summed E-state index contributed by atoms with van der Waals surface area (Å²) >= 11 is 0. The minimum atomic E-state index is -0.723. The van der Waals surface area contributed by atoms with Gasteiger partial charge in [0, 0.05) is 26.2 Å². The number of hydrogen-bond acceptors (Lipinski definition) is 4.